The Hall–Kier alpha value is -2.70. The number of halogens is 1. The number of oxazole rings is 1. The highest BCUT2D eigenvalue weighted by atomic mass is 19.1. The number of carboxylic acid groups (broad SMARTS) is 1. The predicted molar refractivity (Wildman–Crippen MR) is 80.1 cm³/mol. The zero-order valence-corrected chi connectivity index (χ0v) is 12.4. The van der Waals surface area contributed by atoms with Gasteiger partial charge in [0.25, 0.3) is 0 Å². The molecule has 0 saturated heterocycles. The number of carbonyl (C=O) groups is 2. The number of carboxylic acids is 1. The van der Waals surface area contributed by atoms with E-state index in [1.165, 1.54) is 18.4 Å². The van der Waals surface area contributed by atoms with E-state index in [9.17, 15) is 14.0 Å². The highest BCUT2D eigenvalue weighted by Gasteiger charge is 2.10. The molecule has 122 valence electrons. The van der Waals surface area contributed by atoms with Crippen molar-refractivity contribution >= 4 is 11.9 Å². The largest absolute Gasteiger partial charge is 0.481 e. The van der Waals surface area contributed by atoms with Crippen molar-refractivity contribution in [1.29, 1.82) is 0 Å². The summed E-state index contributed by atoms with van der Waals surface area (Å²) in [4.78, 5) is 26.3. The average Bonchev–Trinajstić information content (AvgIpc) is 2.95. The van der Waals surface area contributed by atoms with Crippen molar-refractivity contribution in [3.8, 4) is 11.5 Å². The minimum absolute atomic E-state index is 0.0730. The fourth-order valence-electron chi connectivity index (χ4n) is 1.97. The van der Waals surface area contributed by atoms with Crippen LogP contribution in [-0.2, 0) is 16.0 Å². The SMILES string of the molecule is O=C(O)CCCCNC(=O)Cc1coc(-c2ccc(F)cc2)n1. The molecular weight excluding hydrogens is 303 g/mol. The van der Waals surface area contributed by atoms with E-state index in [0.717, 1.165) is 0 Å². The molecule has 0 fully saturated rings. The van der Waals surface area contributed by atoms with Gasteiger partial charge in [0.15, 0.2) is 0 Å². The van der Waals surface area contributed by atoms with E-state index >= 15 is 0 Å². The van der Waals surface area contributed by atoms with Crippen LogP contribution in [0.15, 0.2) is 34.9 Å². The number of benzene rings is 1. The second-order valence-electron chi connectivity index (χ2n) is 5.03. The Bertz CT molecular complexity index is 667. The van der Waals surface area contributed by atoms with Crippen molar-refractivity contribution in [2.24, 2.45) is 0 Å². The first kappa shape index (κ1) is 16.7. The van der Waals surface area contributed by atoms with Crippen molar-refractivity contribution in [3.63, 3.8) is 0 Å². The van der Waals surface area contributed by atoms with Crippen molar-refractivity contribution in [2.75, 3.05) is 6.54 Å². The third-order valence-electron chi connectivity index (χ3n) is 3.12. The van der Waals surface area contributed by atoms with Crippen molar-refractivity contribution in [1.82, 2.24) is 10.3 Å². The Morgan fingerprint density at radius 2 is 1.96 bits per heavy atom. The van der Waals surface area contributed by atoms with Gasteiger partial charge in [-0.3, -0.25) is 9.59 Å². The Kier molecular flexibility index (Phi) is 5.85. The van der Waals surface area contributed by atoms with E-state index in [4.69, 9.17) is 9.52 Å². The normalized spacial score (nSPS) is 10.5. The van der Waals surface area contributed by atoms with Gasteiger partial charge in [0, 0.05) is 18.5 Å². The second-order valence-corrected chi connectivity index (χ2v) is 5.03. The zero-order valence-electron chi connectivity index (χ0n) is 12.4. The second kappa shape index (κ2) is 8.07. The van der Waals surface area contributed by atoms with Crippen LogP contribution >= 0.6 is 0 Å². The van der Waals surface area contributed by atoms with Crippen LogP contribution in [0.3, 0.4) is 0 Å². The van der Waals surface area contributed by atoms with Gasteiger partial charge in [-0.25, -0.2) is 9.37 Å². The number of hydrogen-bond donors (Lipinski definition) is 2. The van der Waals surface area contributed by atoms with Gasteiger partial charge >= 0.3 is 5.97 Å². The number of aromatic nitrogens is 1. The molecule has 1 heterocycles. The van der Waals surface area contributed by atoms with E-state index in [2.05, 4.69) is 10.3 Å². The number of carbonyl (C=O) groups excluding carboxylic acids is 1. The summed E-state index contributed by atoms with van der Waals surface area (Å²) in [6, 6.07) is 5.72. The zero-order chi connectivity index (χ0) is 16.7. The van der Waals surface area contributed by atoms with Gasteiger partial charge < -0.3 is 14.8 Å². The minimum atomic E-state index is -0.841. The van der Waals surface area contributed by atoms with Gasteiger partial charge in [-0.05, 0) is 37.1 Å². The molecule has 2 rings (SSSR count). The van der Waals surface area contributed by atoms with Crippen molar-refractivity contribution < 1.29 is 23.5 Å². The predicted octanol–water partition coefficient (Wildman–Crippen LogP) is 2.39. The molecule has 6 nitrogen and oxygen atoms in total. The summed E-state index contributed by atoms with van der Waals surface area (Å²) in [6.07, 6.45) is 2.69. The van der Waals surface area contributed by atoms with Crippen LogP contribution in [0.1, 0.15) is 25.0 Å². The third kappa shape index (κ3) is 5.54. The molecule has 0 spiro atoms. The lowest BCUT2D eigenvalue weighted by atomic mass is 10.2. The molecule has 0 saturated carbocycles. The average molecular weight is 320 g/mol. The summed E-state index contributed by atoms with van der Waals surface area (Å²) < 4.78 is 18.1. The molecule has 0 unspecified atom stereocenters. The van der Waals surface area contributed by atoms with Crippen LogP contribution in [0.5, 0.6) is 0 Å². The monoisotopic (exact) mass is 320 g/mol. The van der Waals surface area contributed by atoms with Gasteiger partial charge in [0.1, 0.15) is 12.1 Å². The molecule has 1 amide bonds. The Morgan fingerprint density at radius 3 is 2.65 bits per heavy atom. The van der Waals surface area contributed by atoms with Gasteiger partial charge in [-0.15, -0.1) is 0 Å². The van der Waals surface area contributed by atoms with E-state index in [-0.39, 0.29) is 24.6 Å². The first-order valence-corrected chi connectivity index (χ1v) is 7.23. The molecule has 1 aromatic carbocycles. The summed E-state index contributed by atoms with van der Waals surface area (Å²) >= 11 is 0. The maximum Gasteiger partial charge on any atom is 0.303 e. The van der Waals surface area contributed by atoms with Crippen LogP contribution in [0.2, 0.25) is 0 Å². The number of nitrogens with one attached hydrogen (secondary N) is 1. The number of unbranched alkanes of at least 4 members (excludes halogenated alkanes) is 1. The van der Waals surface area contributed by atoms with Crippen LogP contribution in [0.25, 0.3) is 11.5 Å². The third-order valence-corrected chi connectivity index (χ3v) is 3.12. The van der Waals surface area contributed by atoms with Crippen LogP contribution in [0.4, 0.5) is 4.39 Å². The lowest BCUT2D eigenvalue weighted by molar-refractivity contribution is -0.137. The number of aliphatic carboxylic acids is 1. The standard InChI is InChI=1S/C16H17FN2O4/c17-12-6-4-11(5-7-12)16-19-13(10-23-16)9-14(20)18-8-2-1-3-15(21)22/h4-7,10H,1-3,8-9H2,(H,18,20)(H,21,22). The van der Waals surface area contributed by atoms with Crippen LogP contribution < -0.4 is 5.32 Å². The summed E-state index contributed by atoms with van der Waals surface area (Å²) in [5.41, 5.74) is 1.11. The number of nitrogens with zero attached hydrogens (tertiary/aromatic N) is 1. The molecule has 0 aliphatic carbocycles. The first-order chi connectivity index (χ1) is 11.0. The molecule has 0 radical (unpaired) electrons. The number of amides is 1. The molecule has 1 aromatic heterocycles. The highest BCUT2D eigenvalue weighted by molar-refractivity contribution is 5.78. The number of hydrogen-bond acceptors (Lipinski definition) is 4. The molecule has 0 aliphatic rings. The van der Waals surface area contributed by atoms with Gasteiger partial charge in [0.05, 0.1) is 12.1 Å². The summed E-state index contributed by atoms with van der Waals surface area (Å²) in [6.45, 7) is 0.425. The maximum atomic E-state index is 12.9. The smallest absolute Gasteiger partial charge is 0.303 e. The Labute approximate surface area is 132 Å². The van der Waals surface area contributed by atoms with E-state index in [1.807, 2.05) is 0 Å². The number of rotatable bonds is 8. The van der Waals surface area contributed by atoms with Gasteiger partial charge in [0.2, 0.25) is 11.8 Å². The molecule has 2 aromatic rings. The quantitative estimate of drug-likeness (QED) is 0.729. The van der Waals surface area contributed by atoms with E-state index in [1.54, 1.807) is 12.1 Å². The first-order valence-electron chi connectivity index (χ1n) is 7.23. The topological polar surface area (TPSA) is 92.4 Å². The Morgan fingerprint density at radius 1 is 1.22 bits per heavy atom. The molecule has 0 aliphatic heterocycles. The van der Waals surface area contributed by atoms with Gasteiger partial charge in [-0.1, -0.05) is 0 Å². The molecule has 7 heteroatoms. The molecular formula is C16H17FN2O4. The van der Waals surface area contributed by atoms with Crippen LogP contribution in [0, 0.1) is 5.82 Å². The maximum absolute atomic E-state index is 12.9. The fraction of sp³-hybridized carbons (Fsp3) is 0.312. The van der Waals surface area contributed by atoms with E-state index in [0.29, 0.717) is 36.5 Å². The van der Waals surface area contributed by atoms with Crippen molar-refractivity contribution in [2.45, 2.75) is 25.7 Å². The lowest BCUT2D eigenvalue weighted by Gasteiger charge is -2.02. The highest BCUT2D eigenvalue weighted by Crippen LogP contribution is 2.19. The lowest BCUT2D eigenvalue weighted by Crippen LogP contribution is -2.26. The summed E-state index contributed by atoms with van der Waals surface area (Å²) in [7, 11) is 0. The molecule has 2 N–H and O–H groups in total. The summed E-state index contributed by atoms with van der Waals surface area (Å²) in [5, 5.41) is 11.2. The van der Waals surface area contributed by atoms with Crippen molar-refractivity contribution in [3.05, 3.63) is 42.0 Å². The Balaban J connectivity index is 1.78. The summed E-state index contributed by atoms with van der Waals surface area (Å²) in [5.74, 6) is -1.07. The van der Waals surface area contributed by atoms with Crippen LogP contribution in [-0.4, -0.2) is 28.5 Å². The fourth-order valence-corrected chi connectivity index (χ4v) is 1.97. The van der Waals surface area contributed by atoms with E-state index < -0.39 is 5.97 Å². The molecule has 0 atom stereocenters. The molecule has 23 heavy (non-hydrogen) atoms. The van der Waals surface area contributed by atoms with Gasteiger partial charge in [-0.2, -0.15) is 0 Å². The molecule has 0 bridgehead atoms. The minimum Gasteiger partial charge on any atom is -0.481 e.